The molecule has 2 aromatic rings. The van der Waals surface area contributed by atoms with Crippen molar-refractivity contribution in [3.05, 3.63) is 46.2 Å². The second-order valence-corrected chi connectivity index (χ2v) is 5.10. The van der Waals surface area contributed by atoms with Crippen molar-refractivity contribution in [2.45, 2.75) is 19.8 Å². The molecule has 0 spiro atoms. The standard InChI is InChI=1S/C14H18BrN3/c1-3-11-4-6-12(7-5-11)18-10-13(15)14(17-18)8-9-16-2/h4-7,10,16H,3,8-9H2,1-2H3. The SMILES string of the molecule is CCc1ccc(-n2cc(Br)c(CCNC)n2)cc1. The number of benzene rings is 1. The summed E-state index contributed by atoms with van der Waals surface area (Å²) in [5.74, 6) is 0. The molecule has 0 radical (unpaired) electrons. The van der Waals surface area contributed by atoms with E-state index >= 15 is 0 Å². The Hall–Kier alpha value is -1.13. The van der Waals surface area contributed by atoms with E-state index < -0.39 is 0 Å². The molecule has 1 heterocycles. The Morgan fingerprint density at radius 1 is 1.28 bits per heavy atom. The minimum atomic E-state index is 0.928. The highest BCUT2D eigenvalue weighted by Crippen LogP contribution is 2.18. The summed E-state index contributed by atoms with van der Waals surface area (Å²) >= 11 is 3.56. The number of nitrogens with zero attached hydrogens (tertiary/aromatic N) is 2. The molecule has 0 atom stereocenters. The molecule has 18 heavy (non-hydrogen) atoms. The largest absolute Gasteiger partial charge is 0.319 e. The zero-order valence-corrected chi connectivity index (χ0v) is 12.4. The van der Waals surface area contributed by atoms with Crippen molar-refractivity contribution in [3.63, 3.8) is 0 Å². The van der Waals surface area contributed by atoms with Gasteiger partial charge in [-0.2, -0.15) is 5.10 Å². The summed E-state index contributed by atoms with van der Waals surface area (Å²) in [6.45, 7) is 3.10. The van der Waals surface area contributed by atoms with Gasteiger partial charge in [0.1, 0.15) is 0 Å². The number of hydrogen-bond acceptors (Lipinski definition) is 2. The minimum absolute atomic E-state index is 0.928. The average molecular weight is 308 g/mol. The van der Waals surface area contributed by atoms with Gasteiger partial charge in [-0.25, -0.2) is 4.68 Å². The Kier molecular flexibility index (Phi) is 4.55. The van der Waals surface area contributed by atoms with Crippen molar-refractivity contribution in [1.82, 2.24) is 15.1 Å². The highest BCUT2D eigenvalue weighted by molar-refractivity contribution is 9.10. The fraction of sp³-hybridized carbons (Fsp3) is 0.357. The number of aromatic nitrogens is 2. The fourth-order valence-corrected chi connectivity index (χ4v) is 2.29. The molecular formula is C14H18BrN3. The third-order valence-electron chi connectivity index (χ3n) is 2.96. The Labute approximate surface area is 116 Å². The van der Waals surface area contributed by atoms with Crippen LogP contribution in [0.15, 0.2) is 34.9 Å². The summed E-state index contributed by atoms with van der Waals surface area (Å²) in [7, 11) is 1.95. The monoisotopic (exact) mass is 307 g/mol. The smallest absolute Gasteiger partial charge is 0.0783 e. The first-order chi connectivity index (χ1) is 8.74. The molecule has 0 amide bonds. The number of aryl methyl sites for hydroxylation is 1. The highest BCUT2D eigenvalue weighted by Gasteiger charge is 2.07. The van der Waals surface area contributed by atoms with Crippen LogP contribution in [0.5, 0.6) is 0 Å². The molecule has 0 aliphatic carbocycles. The summed E-state index contributed by atoms with van der Waals surface area (Å²) in [6.07, 6.45) is 4.01. The maximum atomic E-state index is 4.60. The summed E-state index contributed by atoms with van der Waals surface area (Å²) in [5, 5.41) is 7.74. The van der Waals surface area contributed by atoms with Crippen LogP contribution in [0, 0.1) is 0 Å². The molecule has 0 fully saturated rings. The van der Waals surface area contributed by atoms with Crippen molar-refractivity contribution >= 4 is 15.9 Å². The zero-order chi connectivity index (χ0) is 13.0. The molecule has 0 unspecified atom stereocenters. The third-order valence-corrected chi connectivity index (χ3v) is 3.62. The lowest BCUT2D eigenvalue weighted by molar-refractivity contribution is 0.753. The molecule has 4 heteroatoms. The lowest BCUT2D eigenvalue weighted by Gasteiger charge is -2.02. The summed E-state index contributed by atoms with van der Waals surface area (Å²) in [6, 6.07) is 8.52. The molecule has 0 aliphatic rings. The van der Waals surface area contributed by atoms with Gasteiger partial charge in [-0.05, 0) is 47.1 Å². The minimum Gasteiger partial charge on any atom is -0.319 e. The molecule has 1 aromatic carbocycles. The van der Waals surface area contributed by atoms with E-state index in [-0.39, 0.29) is 0 Å². The molecule has 0 saturated heterocycles. The van der Waals surface area contributed by atoms with Crippen LogP contribution in [0.4, 0.5) is 0 Å². The van der Waals surface area contributed by atoms with Crippen molar-refractivity contribution in [3.8, 4) is 5.69 Å². The Balaban J connectivity index is 2.21. The van der Waals surface area contributed by atoms with Gasteiger partial charge in [0, 0.05) is 19.2 Å². The summed E-state index contributed by atoms with van der Waals surface area (Å²) in [5.41, 5.74) is 3.54. The Morgan fingerprint density at radius 2 is 2.00 bits per heavy atom. The highest BCUT2D eigenvalue weighted by atomic mass is 79.9. The van der Waals surface area contributed by atoms with E-state index in [0.29, 0.717) is 0 Å². The molecule has 0 aliphatic heterocycles. The number of hydrogen-bond donors (Lipinski definition) is 1. The van der Waals surface area contributed by atoms with Gasteiger partial charge in [-0.1, -0.05) is 19.1 Å². The van der Waals surface area contributed by atoms with Gasteiger partial charge in [-0.3, -0.25) is 0 Å². The molecule has 1 N–H and O–H groups in total. The first-order valence-corrected chi connectivity index (χ1v) is 7.02. The summed E-state index contributed by atoms with van der Waals surface area (Å²) < 4.78 is 2.99. The van der Waals surface area contributed by atoms with Crippen LogP contribution < -0.4 is 5.32 Å². The van der Waals surface area contributed by atoms with Crippen LogP contribution in [-0.2, 0) is 12.8 Å². The Morgan fingerprint density at radius 3 is 2.61 bits per heavy atom. The maximum absolute atomic E-state index is 4.60. The molecule has 0 saturated carbocycles. The number of halogens is 1. The van der Waals surface area contributed by atoms with E-state index in [9.17, 15) is 0 Å². The van der Waals surface area contributed by atoms with Crippen molar-refractivity contribution in [1.29, 1.82) is 0 Å². The first-order valence-electron chi connectivity index (χ1n) is 6.22. The molecule has 96 valence electrons. The lowest BCUT2D eigenvalue weighted by atomic mass is 10.1. The number of rotatable bonds is 5. The predicted molar refractivity (Wildman–Crippen MR) is 78.3 cm³/mol. The van der Waals surface area contributed by atoms with Gasteiger partial charge >= 0.3 is 0 Å². The molecule has 1 aromatic heterocycles. The van der Waals surface area contributed by atoms with Crippen LogP contribution in [0.3, 0.4) is 0 Å². The number of nitrogens with one attached hydrogen (secondary N) is 1. The van der Waals surface area contributed by atoms with E-state index in [4.69, 9.17) is 0 Å². The first kappa shape index (κ1) is 13.3. The third kappa shape index (κ3) is 3.00. The second kappa shape index (κ2) is 6.16. The predicted octanol–water partition coefficient (Wildman–Crippen LogP) is 2.96. The van der Waals surface area contributed by atoms with Crippen LogP contribution >= 0.6 is 15.9 Å². The van der Waals surface area contributed by atoms with Crippen LogP contribution in [-0.4, -0.2) is 23.4 Å². The van der Waals surface area contributed by atoms with E-state index in [0.717, 1.165) is 35.2 Å². The van der Waals surface area contributed by atoms with E-state index in [2.05, 4.69) is 57.5 Å². The zero-order valence-electron chi connectivity index (χ0n) is 10.8. The van der Waals surface area contributed by atoms with Crippen LogP contribution in [0.25, 0.3) is 5.69 Å². The summed E-state index contributed by atoms with van der Waals surface area (Å²) in [4.78, 5) is 0. The number of likely N-dealkylation sites (N-methyl/N-ethyl adjacent to an activating group) is 1. The fourth-order valence-electron chi connectivity index (χ4n) is 1.82. The van der Waals surface area contributed by atoms with Gasteiger partial charge < -0.3 is 5.32 Å². The van der Waals surface area contributed by atoms with Crippen LogP contribution in [0.2, 0.25) is 0 Å². The topological polar surface area (TPSA) is 29.9 Å². The molecule has 3 nitrogen and oxygen atoms in total. The molecule has 0 bridgehead atoms. The normalized spacial score (nSPS) is 10.8. The van der Waals surface area contributed by atoms with Crippen molar-refractivity contribution < 1.29 is 0 Å². The molecule has 2 rings (SSSR count). The van der Waals surface area contributed by atoms with E-state index in [1.54, 1.807) is 0 Å². The maximum Gasteiger partial charge on any atom is 0.0783 e. The van der Waals surface area contributed by atoms with Crippen LogP contribution in [0.1, 0.15) is 18.2 Å². The second-order valence-electron chi connectivity index (χ2n) is 4.24. The van der Waals surface area contributed by atoms with Gasteiger partial charge in [0.15, 0.2) is 0 Å². The van der Waals surface area contributed by atoms with E-state index in [1.807, 2.05) is 17.9 Å². The quantitative estimate of drug-likeness (QED) is 0.920. The van der Waals surface area contributed by atoms with Gasteiger partial charge in [0.2, 0.25) is 0 Å². The van der Waals surface area contributed by atoms with Crippen molar-refractivity contribution in [2.24, 2.45) is 0 Å². The lowest BCUT2D eigenvalue weighted by Crippen LogP contribution is -2.11. The van der Waals surface area contributed by atoms with E-state index in [1.165, 1.54) is 5.56 Å². The molecular weight excluding hydrogens is 290 g/mol. The average Bonchev–Trinajstić information content (AvgIpc) is 2.78. The van der Waals surface area contributed by atoms with Crippen molar-refractivity contribution in [2.75, 3.05) is 13.6 Å². The van der Waals surface area contributed by atoms with Gasteiger partial charge in [0.25, 0.3) is 0 Å². The van der Waals surface area contributed by atoms with Gasteiger partial charge in [0.05, 0.1) is 15.9 Å². The van der Waals surface area contributed by atoms with Gasteiger partial charge in [-0.15, -0.1) is 0 Å². The Bertz CT molecular complexity index is 502.